The van der Waals surface area contributed by atoms with Crippen LogP contribution in [0.2, 0.25) is 0 Å². The predicted octanol–water partition coefficient (Wildman–Crippen LogP) is 5.48. The normalized spacial score (nSPS) is 17.2. The Morgan fingerprint density at radius 2 is 1.12 bits per heavy atom. The maximum Gasteiger partial charge on any atom is 0.0272 e. The monoisotopic (exact) mass is 256 g/mol. The molecule has 0 aromatic carbocycles. The van der Waals surface area contributed by atoms with Crippen molar-refractivity contribution < 1.29 is 0 Å². The van der Waals surface area contributed by atoms with Gasteiger partial charge in [-0.3, -0.25) is 0 Å². The Morgan fingerprint density at radius 1 is 0.706 bits per heavy atom. The van der Waals surface area contributed by atoms with E-state index in [0.717, 1.165) is 12.8 Å². The lowest BCUT2D eigenvalue weighted by atomic mass is 9.73. The molecule has 2 aromatic rings. The second-order valence-corrected chi connectivity index (χ2v) is 6.22. The van der Waals surface area contributed by atoms with Gasteiger partial charge in [0.2, 0.25) is 0 Å². The van der Waals surface area contributed by atoms with Crippen LogP contribution in [0.1, 0.15) is 24.0 Å². The summed E-state index contributed by atoms with van der Waals surface area (Å²) in [6.07, 6.45) is 6.91. The minimum atomic E-state index is 0.200. The van der Waals surface area contributed by atoms with Gasteiger partial charge in [-0.2, -0.15) is 0 Å². The summed E-state index contributed by atoms with van der Waals surface area (Å²) in [5, 5.41) is 0. The van der Waals surface area contributed by atoms with E-state index in [4.69, 9.17) is 0 Å². The molecule has 84 valence electrons. The molecule has 0 N–H and O–H groups in total. The average molecular weight is 256 g/mol. The SMILES string of the molecule is C1=CCC(c2ccpcc2)(c2ccpcc2)C1. The summed E-state index contributed by atoms with van der Waals surface area (Å²) in [7, 11) is 2.60. The largest absolute Gasteiger partial charge is 0.0873 e. The van der Waals surface area contributed by atoms with Crippen LogP contribution in [0.15, 0.2) is 59.6 Å². The van der Waals surface area contributed by atoms with Gasteiger partial charge in [-0.1, -0.05) is 52.8 Å². The second kappa shape index (κ2) is 4.73. The standard InChI is InChI=1S/C15H14P2/c1-2-8-15(7-1,13-3-9-16-10-4-13)14-5-11-17-12-6-14/h1-6,9-12H,7-8H2. The third-order valence-electron chi connectivity index (χ3n) is 3.57. The van der Waals surface area contributed by atoms with Crippen LogP contribution in [-0.2, 0) is 5.41 Å². The quantitative estimate of drug-likeness (QED) is 0.624. The molecule has 0 fully saturated rings. The van der Waals surface area contributed by atoms with Crippen LogP contribution >= 0.6 is 16.4 Å². The highest BCUT2D eigenvalue weighted by atomic mass is 31.0. The molecular formula is C15H14P2. The molecule has 0 atom stereocenters. The van der Waals surface area contributed by atoms with Crippen molar-refractivity contribution in [2.75, 3.05) is 0 Å². The van der Waals surface area contributed by atoms with Crippen molar-refractivity contribution in [2.24, 2.45) is 0 Å². The summed E-state index contributed by atoms with van der Waals surface area (Å²) >= 11 is 0. The molecule has 2 heterocycles. The number of rotatable bonds is 2. The molecule has 0 saturated heterocycles. The van der Waals surface area contributed by atoms with Crippen molar-refractivity contribution in [1.82, 2.24) is 0 Å². The highest BCUT2D eigenvalue weighted by Gasteiger charge is 2.34. The first-order valence-corrected chi connectivity index (χ1v) is 7.94. The fourth-order valence-electron chi connectivity index (χ4n) is 2.63. The lowest BCUT2D eigenvalue weighted by Crippen LogP contribution is -2.23. The highest BCUT2D eigenvalue weighted by Crippen LogP contribution is 2.43. The van der Waals surface area contributed by atoms with Crippen LogP contribution in [-0.4, -0.2) is 0 Å². The first kappa shape index (κ1) is 11.1. The molecule has 2 aromatic heterocycles. The Bertz CT molecular complexity index is 468. The van der Waals surface area contributed by atoms with E-state index >= 15 is 0 Å². The molecule has 0 aliphatic heterocycles. The van der Waals surface area contributed by atoms with Crippen LogP contribution in [0, 0.1) is 0 Å². The molecule has 0 nitrogen and oxygen atoms in total. The number of hydrogen-bond acceptors (Lipinski definition) is 0. The average Bonchev–Trinajstić information content (AvgIpc) is 2.91. The Labute approximate surface area is 106 Å². The van der Waals surface area contributed by atoms with E-state index < -0.39 is 0 Å². The molecule has 0 unspecified atom stereocenters. The van der Waals surface area contributed by atoms with Gasteiger partial charge in [0.15, 0.2) is 0 Å². The van der Waals surface area contributed by atoms with Crippen LogP contribution in [0.3, 0.4) is 0 Å². The van der Waals surface area contributed by atoms with Gasteiger partial charge < -0.3 is 0 Å². The molecule has 17 heavy (non-hydrogen) atoms. The molecule has 0 radical (unpaired) electrons. The fraction of sp³-hybridized carbons (Fsp3) is 0.200. The van der Waals surface area contributed by atoms with E-state index in [9.17, 15) is 0 Å². The third kappa shape index (κ3) is 1.97. The van der Waals surface area contributed by atoms with Gasteiger partial charge in [0, 0.05) is 5.41 Å². The summed E-state index contributed by atoms with van der Waals surface area (Å²) in [5.74, 6) is 8.96. The molecule has 3 rings (SSSR count). The van der Waals surface area contributed by atoms with Gasteiger partial charge in [0.05, 0.1) is 0 Å². The molecule has 0 saturated carbocycles. The Morgan fingerprint density at radius 3 is 1.53 bits per heavy atom. The lowest BCUT2D eigenvalue weighted by Gasteiger charge is -2.30. The van der Waals surface area contributed by atoms with Crippen molar-refractivity contribution >= 4 is 16.4 Å². The zero-order chi connectivity index (χ0) is 11.6. The van der Waals surface area contributed by atoms with E-state index in [1.807, 2.05) is 0 Å². The molecule has 0 amide bonds. The second-order valence-electron chi connectivity index (χ2n) is 4.43. The van der Waals surface area contributed by atoms with Gasteiger partial charge in [-0.15, -0.1) is 0 Å². The summed E-state index contributed by atoms with van der Waals surface area (Å²) in [6, 6.07) is 9.20. The van der Waals surface area contributed by atoms with E-state index in [2.05, 4.69) is 59.6 Å². The molecule has 0 bridgehead atoms. The number of hydrogen-bond donors (Lipinski definition) is 0. The lowest BCUT2D eigenvalue weighted by molar-refractivity contribution is 0.558. The van der Waals surface area contributed by atoms with Gasteiger partial charge in [0.1, 0.15) is 0 Å². The molecule has 0 spiro atoms. The molecule has 2 heteroatoms. The molecule has 1 aliphatic carbocycles. The minimum Gasteiger partial charge on any atom is -0.0873 e. The fourth-order valence-corrected chi connectivity index (χ4v) is 3.82. The van der Waals surface area contributed by atoms with Crippen molar-refractivity contribution in [3.8, 4) is 0 Å². The van der Waals surface area contributed by atoms with Gasteiger partial charge in [-0.25, -0.2) is 0 Å². The third-order valence-corrected chi connectivity index (χ3v) is 4.85. The van der Waals surface area contributed by atoms with E-state index in [-0.39, 0.29) is 5.41 Å². The highest BCUT2D eigenvalue weighted by molar-refractivity contribution is 7.28. The predicted molar refractivity (Wildman–Crippen MR) is 77.1 cm³/mol. The Kier molecular flexibility index (Phi) is 3.10. The Balaban J connectivity index is 2.12. The summed E-state index contributed by atoms with van der Waals surface area (Å²) in [6.45, 7) is 0. The summed E-state index contributed by atoms with van der Waals surface area (Å²) < 4.78 is 0. The maximum atomic E-state index is 2.32. The van der Waals surface area contributed by atoms with Crippen molar-refractivity contribution in [2.45, 2.75) is 18.3 Å². The Hall–Kier alpha value is -0.960. The van der Waals surface area contributed by atoms with Crippen LogP contribution < -0.4 is 0 Å². The molecule has 1 aliphatic rings. The zero-order valence-corrected chi connectivity index (χ0v) is 11.4. The summed E-state index contributed by atoms with van der Waals surface area (Å²) in [4.78, 5) is 0. The minimum absolute atomic E-state index is 0.200. The van der Waals surface area contributed by atoms with Crippen molar-refractivity contribution in [3.63, 3.8) is 0 Å². The van der Waals surface area contributed by atoms with E-state index in [1.165, 1.54) is 27.5 Å². The van der Waals surface area contributed by atoms with Crippen LogP contribution in [0.4, 0.5) is 0 Å². The first-order valence-electron chi connectivity index (χ1n) is 5.88. The van der Waals surface area contributed by atoms with Gasteiger partial charge >= 0.3 is 0 Å². The topological polar surface area (TPSA) is 0 Å². The van der Waals surface area contributed by atoms with Crippen LogP contribution in [0.5, 0.6) is 0 Å². The van der Waals surface area contributed by atoms with Crippen LogP contribution in [0.25, 0.3) is 0 Å². The van der Waals surface area contributed by atoms with Gasteiger partial charge in [0.25, 0.3) is 0 Å². The summed E-state index contributed by atoms with van der Waals surface area (Å²) in [5.41, 5.74) is 3.12. The smallest absolute Gasteiger partial charge is 0.0272 e. The maximum absolute atomic E-state index is 2.32. The number of allylic oxidation sites excluding steroid dienone is 2. The van der Waals surface area contributed by atoms with Gasteiger partial charge in [-0.05, 0) is 47.2 Å². The molecular weight excluding hydrogens is 242 g/mol. The van der Waals surface area contributed by atoms with Crippen molar-refractivity contribution in [1.29, 1.82) is 0 Å². The van der Waals surface area contributed by atoms with Crippen molar-refractivity contribution in [3.05, 3.63) is 70.7 Å². The zero-order valence-electron chi connectivity index (χ0n) is 9.58. The van der Waals surface area contributed by atoms with E-state index in [0.29, 0.717) is 0 Å². The van der Waals surface area contributed by atoms with E-state index in [1.54, 1.807) is 0 Å². The first-order chi connectivity index (χ1) is 8.42.